The maximum absolute atomic E-state index is 8.49. The molecule has 0 saturated carbocycles. The van der Waals surface area contributed by atoms with E-state index in [0.717, 1.165) is 5.52 Å². The molecule has 0 radical (unpaired) electrons. The van der Waals surface area contributed by atoms with Gasteiger partial charge in [0, 0.05) is 0 Å². The molecule has 0 amide bonds. The number of oxazole rings is 1. The van der Waals surface area contributed by atoms with E-state index in [0.29, 0.717) is 17.2 Å². The first-order valence-corrected chi connectivity index (χ1v) is 4.14. The van der Waals surface area contributed by atoms with Gasteiger partial charge < -0.3 is 9.15 Å². The SMILES string of the molecule is COc1cccc2nc(CC#N)oc12. The van der Waals surface area contributed by atoms with Crippen molar-refractivity contribution in [1.82, 2.24) is 4.98 Å². The number of para-hydroxylation sites is 1. The van der Waals surface area contributed by atoms with Gasteiger partial charge in [0.1, 0.15) is 11.9 Å². The van der Waals surface area contributed by atoms with Crippen molar-refractivity contribution in [2.45, 2.75) is 6.42 Å². The van der Waals surface area contributed by atoms with Gasteiger partial charge in [-0.15, -0.1) is 0 Å². The summed E-state index contributed by atoms with van der Waals surface area (Å²) in [7, 11) is 1.57. The number of benzene rings is 1. The summed E-state index contributed by atoms with van der Waals surface area (Å²) >= 11 is 0. The fourth-order valence-electron chi connectivity index (χ4n) is 1.27. The average Bonchev–Trinajstić information content (AvgIpc) is 2.60. The Labute approximate surface area is 80.7 Å². The predicted molar refractivity (Wildman–Crippen MR) is 49.9 cm³/mol. The Bertz CT molecular complexity index is 496. The molecule has 14 heavy (non-hydrogen) atoms. The Kier molecular flexibility index (Phi) is 2.07. The summed E-state index contributed by atoms with van der Waals surface area (Å²) in [4.78, 5) is 4.14. The van der Waals surface area contributed by atoms with Crippen molar-refractivity contribution in [1.29, 1.82) is 5.26 Å². The van der Waals surface area contributed by atoms with Gasteiger partial charge in [-0.25, -0.2) is 4.98 Å². The summed E-state index contributed by atoms with van der Waals surface area (Å²) in [5.74, 6) is 1.06. The Hall–Kier alpha value is -2.02. The van der Waals surface area contributed by atoms with E-state index in [2.05, 4.69) is 4.98 Å². The summed E-state index contributed by atoms with van der Waals surface area (Å²) < 4.78 is 10.5. The highest BCUT2D eigenvalue weighted by atomic mass is 16.5. The van der Waals surface area contributed by atoms with Crippen molar-refractivity contribution in [3.63, 3.8) is 0 Å². The van der Waals surface area contributed by atoms with Crippen molar-refractivity contribution in [2.24, 2.45) is 0 Å². The van der Waals surface area contributed by atoms with E-state index >= 15 is 0 Å². The second-order valence-corrected chi connectivity index (χ2v) is 2.75. The number of rotatable bonds is 2. The number of ether oxygens (including phenoxy) is 1. The molecule has 0 saturated heterocycles. The van der Waals surface area contributed by atoms with Crippen molar-refractivity contribution >= 4 is 11.1 Å². The Balaban J connectivity index is 2.59. The van der Waals surface area contributed by atoms with Crippen molar-refractivity contribution < 1.29 is 9.15 Å². The number of nitrogens with zero attached hydrogens (tertiary/aromatic N) is 2. The van der Waals surface area contributed by atoms with Crippen molar-refractivity contribution in [3.8, 4) is 11.8 Å². The van der Waals surface area contributed by atoms with E-state index in [1.807, 2.05) is 18.2 Å². The summed E-state index contributed by atoms with van der Waals surface area (Å²) in [6, 6.07) is 7.44. The standard InChI is InChI=1S/C10H8N2O2/c1-13-8-4-2-3-7-10(8)14-9(12-7)5-6-11/h2-4H,5H2,1H3. The summed E-state index contributed by atoms with van der Waals surface area (Å²) in [6.07, 6.45) is 0.178. The zero-order chi connectivity index (χ0) is 9.97. The molecule has 4 heteroatoms. The normalized spacial score (nSPS) is 10.0. The molecule has 0 atom stereocenters. The quantitative estimate of drug-likeness (QED) is 0.722. The summed E-state index contributed by atoms with van der Waals surface area (Å²) in [5.41, 5.74) is 1.31. The van der Waals surface area contributed by atoms with Crippen LogP contribution in [0.25, 0.3) is 11.1 Å². The number of fused-ring (bicyclic) bond motifs is 1. The van der Waals surface area contributed by atoms with Crippen LogP contribution >= 0.6 is 0 Å². The minimum absolute atomic E-state index is 0.178. The molecule has 0 spiro atoms. The van der Waals surface area contributed by atoms with Crippen LogP contribution in [0.3, 0.4) is 0 Å². The molecule has 0 aliphatic heterocycles. The molecule has 1 aromatic carbocycles. The monoisotopic (exact) mass is 188 g/mol. The molecule has 70 valence electrons. The molecule has 2 aromatic rings. The molecule has 1 heterocycles. The van der Waals surface area contributed by atoms with Gasteiger partial charge in [-0.1, -0.05) is 6.07 Å². The number of hydrogen-bond donors (Lipinski definition) is 0. The molecular weight excluding hydrogens is 180 g/mol. The molecule has 0 aliphatic carbocycles. The van der Waals surface area contributed by atoms with E-state index in [9.17, 15) is 0 Å². The van der Waals surface area contributed by atoms with Crippen LogP contribution in [0.1, 0.15) is 5.89 Å². The zero-order valence-corrected chi connectivity index (χ0v) is 7.65. The van der Waals surface area contributed by atoms with Gasteiger partial charge >= 0.3 is 0 Å². The molecular formula is C10H8N2O2. The molecule has 0 N–H and O–H groups in total. The van der Waals surface area contributed by atoms with Crippen LogP contribution < -0.4 is 4.74 Å². The maximum Gasteiger partial charge on any atom is 0.209 e. The van der Waals surface area contributed by atoms with E-state index in [4.69, 9.17) is 14.4 Å². The lowest BCUT2D eigenvalue weighted by molar-refractivity contribution is 0.407. The summed E-state index contributed by atoms with van der Waals surface area (Å²) in [6.45, 7) is 0. The molecule has 0 fully saturated rings. The van der Waals surface area contributed by atoms with Crippen LogP contribution in [0.5, 0.6) is 5.75 Å². The third-order valence-electron chi connectivity index (χ3n) is 1.87. The lowest BCUT2D eigenvalue weighted by atomic mass is 10.3. The molecule has 1 aromatic heterocycles. The van der Waals surface area contributed by atoms with E-state index in [1.165, 1.54) is 0 Å². The van der Waals surface area contributed by atoms with Gasteiger partial charge in [-0.2, -0.15) is 5.26 Å². The second kappa shape index (κ2) is 3.38. The van der Waals surface area contributed by atoms with Gasteiger partial charge in [0.25, 0.3) is 0 Å². The Morgan fingerprint density at radius 1 is 1.57 bits per heavy atom. The number of nitriles is 1. The van der Waals surface area contributed by atoms with E-state index < -0.39 is 0 Å². The van der Waals surface area contributed by atoms with Gasteiger partial charge in [0.15, 0.2) is 11.3 Å². The molecule has 0 aliphatic rings. The van der Waals surface area contributed by atoms with Crippen LogP contribution in [0.4, 0.5) is 0 Å². The minimum Gasteiger partial charge on any atom is -0.493 e. The van der Waals surface area contributed by atoms with Gasteiger partial charge in [-0.3, -0.25) is 0 Å². The Morgan fingerprint density at radius 3 is 3.14 bits per heavy atom. The van der Waals surface area contributed by atoms with E-state index in [-0.39, 0.29) is 6.42 Å². The fourth-order valence-corrected chi connectivity index (χ4v) is 1.27. The lowest BCUT2D eigenvalue weighted by Crippen LogP contribution is -1.81. The largest absolute Gasteiger partial charge is 0.493 e. The Morgan fingerprint density at radius 2 is 2.43 bits per heavy atom. The molecule has 0 unspecified atom stereocenters. The van der Waals surface area contributed by atoms with Gasteiger partial charge in [0.2, 0.25) is 5.89 Å². The maximum atomic E-state index is 8.49. The van der Waals surface area contributed by atoms with Crippen LogP contribution in [0.2, 0.25) is 0 Å². The minimum atomic E-state index is 0.178. The third kappa shape index (κ3) is 1.29. The van der Waals surface area contributed by atoms with Crippen molar-refractivity contribution in [2.75, 3.05) is 7.11 Å². The van der Waals surface area contributed by atoms with Gasteiger partial charge in [-0.05, 0) is 12.1 Å². The first kappa shape index (κ1) is 8.57. The number of aromatic nitrogens is 1. The highest BCUT2D eigenvalue weighted by molar-refractivity contribution is 5.79. The van der Waals surface area contributed by atoms with Crippen LogP contribution in [-0.4, -0.2) is 12.1 Å². The first-order chi connectivity index (χ1) is 6.85. The molecule has 2 rings (SSSR count). The second-order valence-electron chi connectivity index (χ2n) is 2.75. The van der Waals surface area contributed by atoms with Crippen LogP contribution in [0.15, 0.2) is 22.6 Å². The zero-order valence-electron chi connectivity index (χ0n) is 7.65. The van der Waals surface area contributed by atoms with Crippen molar-refractivity contribution in [3.05, 3.63) is 24.1 Å². The smallest absolute Gasteiger partial charge is 0.209 e. The lowest BCUT2D eigenvalue weighted by Gasteiger charge is -1.96. The fraction of sp³-hybridized carbons (Fsp3) is 0.200. The first-order valence-electron chi connectivity index (χ1n) is 4.14. The van der Waals surface area contributed by atoms with Gasteiger partial charge in [0.05, 0.1) is 13.2 Å². The van der Waals surface area contributed by atoms with Crippen LogP contribution in [-0.2, 0) is 6.42 Å². The van der Waals surface area contributed by atoms with E-state index in [1.54, 1.807) is 13.2 Å². The highest BCUT2D eigenvalue weighted by Gasteiger charge is 2.09. The summed E-state index contributed by atoms with van der Waals surface area (Å²) in [5, 5.41) is 8.49. The van der Waals surface area contributed by atoms with Crippen LogP contribution in [0, 0.1) is 11.3 Å². The molecule has 4 nitrogen and oxygen atoms in total. The number of hydrogen-bond acceptors (Lipinski definition) is 4. The highest BCUT2D eigenvalue weighted by Crippen LogP contribution is 2.25. The predicted octanol–water partition coefficient (Wildman–Crippen LogP) is 1.90. The average molecular weight is 188 g/mol. The number of methoxy groups -OCH3 is 1. The third-order valence-corrected chi connectivity index (χ3v) is 1.87. The topological polar surface area (TPSA) is 59.0 Å². The molecule has 0 bridgehead atoms.